The lowest BCUT2D eigenvalue weighted by Gasteiger charge is -2.14. The zero-order valence-electron chi connectivity index (χ0n) is 9.76. The molecule has 4 nitrogen and oxygen atoms in total. The fraction of sp³-hybridized carbons (Fsp3) is 0.545. The number of aliphatic hydroxyl groups excluding tert-OH is 1. The van der Waals surface area contributed by atoms with Crippen molar-refractivity contribution in [3.05, 3.63) is 21.9 Å². The minimum absolute atomic E-state index is 0.182. The van der Waals surface area contributed by atoms with Gasteiger partial charge >= 0.3 is 0 Å². The second-order valence-electron chi connectivity index (χ2n) is 4.20. The van der Waals surface area contributed by atoms with Gasteiger partial charge in [-0.25, -0.2) is 0 Å². The van der Waals surface area contributed by atoms with E-state index in [1.165, 1.54) is 6.07 Å². The summed E-state index contributed by atoms with van der Waals surface area (Å²) in [6, 6.07) is 1.47. The maximum atomic E-state index is 11.6. The van der Waals surface area contributed by atoms with E-state index < -0.39 is 6.10 Å². The number of carbonyl (C=O) groups is 1. The second-order valence-corrected chi connectivity index (χ2v) is 4.99. The Hall–Kier alpha value is -0.710. The highest BCUT2D eigenvalue weighted by Gasteiger charge is 2.13. The van der Waals surface area contributed by atoms with E-state index in [4.69, 9.17) is 23.2 Å². The molecule has 17 heavy (non-hydrogen) atoms. The third-order valence-electron chi connectivity index (χ3n) is 2.46. The second kappa shape index (κ2) is 6.28. The highest BCUT2D eigenvalue weighted by atomic mass is 35.5. The van der Waals surface area contributed by atoms with Crippen molar-refractivity contribution in [2.24, 2.45) is 5.92 Å². The van der Waals surface area contributed by atoms with Crippen LogP contribution >= 0.6 is 23.2 Å². The number of H-pyrrole nitrogens is 1. The molecule has 1 amide bonds. The van der Waals surface area contributed by atoms with Gasteiger partial charge in [-0.05, 0) is 18.4 Å². The first-order valence-electron chi connectivity index (χ1n) is 5.42. The van der Waals surface area contributed by atoms with Crippen LogP contribution in [0.4, 0.5) is 0 Å². The maximum Gasteiger partial charge on any atom is 0.267 e. The number of carbonyl (C=O) groups excluding carboxylic acids is 1. The van der Waals surface area contributed by atoms with Crippen LogP contribution in [0.5, 0.6) is 0 Å². The van der Waals surface area contributed by atoms with E-state index in [-0.39, 0.29) is 17.0 Å². The Labute approximate surface area is 110 Å². The molecule has 0 aliphatic rings. The number of halogens is 2. The van der Waals surface area contributed by atoms with Crippen LogP contribution in [0.1, 0.15) is 30.8 Å². The molecule has 0 saturated carbocycles. The van der Waals surface area contributed by atoms with Crippen molar-refractivity contribution in [1.82, 2.24) is 10.3 Å². The molecule has 0 aromatic carbocycles. The van der Waals surface area contributed by atoms with Crippen LogP contribution in [0.2, 0.25) is 10.2 Å². The van der Waals surface area contributed by atoms with E-state index in [9.17, 15) is 9.90 Å². The van der Waals surface area contributed by atoms with Gasteiger partial charge in [0.1, 0.15) is 10.8 Å². The average molecular weight is 279 g/mol. The van der Waals surface area contributed by atoms with Gasteiger partial charge in [-0.1, -0.05) is 37.0 Å². The van der Waals surface area contributed by atoms with Crippen LogP contribution < -0.4 is 5.32 Å². The van der Waals surface area contributed by atoms with E-state index >= 15 is 0 Å². The van der Waals surface area contributed by atoms with Crippen LogP contribution in [-0.4, -0.2) is 28.6 Å². The lowest BCUT2D eigenvalue weighted by atomic mass is 10.0. The monoisotopic (exact) mass is 278 g/mol. The zero-order valence-corrected chi connectivity index (χ0v) is 11.3. The van der Waals surface area contributed by atoms with E-state index in [1.807, 2.05) is 13.8 Å². The Kier molecular flexibility index (Phi) is 5.31. The third-order valence-corrected chi connectivity index (χ3v) is 3.16. The van der Waals surface area contributed by atoms with Gasteiger partial charge in [0, 0.05) is 6.54 Å². The summed E-state index contributed by atoms with van der Waals surface area (Å²) >= 11 is 11.4. The minimum atomic E-state index is -0.411. The van der Waals surface area contributed by atoms with Crippen molar-refractivity contribution >= 4 is 29.1 Å². The Morgan fingerprint density at radius 1 is 1.53 bits per heavy atom. The summed E-state index contributed by atoms with van der Waals surface area (Å²) in [4.78, 5) is 14.3. The van der Waals surface area contributed by atoms with Gasteiger partial charge in [0.15, 0.2) is 0 Å². The number of aromatic nitrogens is 1. The summed E-state index contributed by atoms with van der Waals surface area (Å²) in [6.45, 7) is 4.26. The first-order chi connectivity index (χ1) is 7.91. The van der Waals surface area contributed by atoms with Crippen LogP contribution in [0.25, 0.3) is 0 Å². The summed E-state index contributed by atoms with van der Waals surface area (Å²) in [5.41, 5.74) is 0.319. The van der Waals surface area contributed by atoms with Gasteiger partial charge in [0.05, 0.1) is 11.1 Å². The highest BCUT2D eigenvalue weighted by Crippen LogP contribution is 2.21. The number of nitrogens with one attached hydrogen (secondary N) is 2. The third kappa shape index (κ3) is 4.22. The topological polar surface area (TPSA) is 65.1 Å². The Balaban J connectivity index is 2.40. The van der Waals surface area contributed by atoms with Crippen molar-refractivity contribution in [2.45, 2.75) is 26.4 Å². The Morgan fingerprint density at radius 3 is 2.65 bits per heavy atom. The molecule has 0 fully saturated rings. The van der Waals surface area contributed by atoms with Gasteiger partial charge in [-0.2, -0.15) is 0 Å². The molecule has 6 heteroatoms. The molecule has 0 aliphatic heterocycles. The van der Waals surface area contributed by atoms with Crippen LogP contribution in [0.3, 0.4) is 0 Å². The first-order valence-corrected chi connectivity index (χ1v) is 6.17. The fourth-order valence-electron chi connectivity index (χ4n) is 1.29. The number of rotatable bonds is 5. The van der Waals surface area contributed by atoms with Crippen molar-refractivity contribution in [2.75, 3.05) is 6.54 Å². The molecular formula is C11H16Cl2N2O2. The Morgan fingerprint density at radius 2 is 2.18 bits per heavy atom. The van der Waals surface area contributed by atoms with E-state index in [1.54, 1.807) is 0 Å². The van der Waals surface area contributed by atoms with Gasteiger partial charge in [-0.3, -0.25) is 4.79 Å². The summed E-state index contributed by atoms with van der Waals surface area (Å²) in [5.74, 6) is -0.101. The van der Waals surface area contributed by atoms with Crippen molar-refractivity contribution in [1.29, 1.82) is 0 Å². The van der Waals surface area contributed by atoms with E-state index in [0.717, 1.165) is 0 Å². The predicted molar refractivity (Wildman–Crippen MR) is 68.6 cm³/mol. The lowest BCUT2D eigenvalue weighted by molar-refractivity contribution is 0.0916. The maximum absolute atomic E-state index is 11.6. The number of amides is 1. The standard InChI is InChI=1S/C11H16Cl2N2O2/c1-6(2)9(16)3-4-14-11(17)8-5-7(12)10(13)15-8/h5-6,9,15-16H,3-4H2,1-2H3,(H,14,17). The summed E-state index contributed by atoms with van der Waals surface area (Å²) in [6.07, 6.45) is 0.108. The minimum Gasteiger partial charge on any atom is -0.393 e. The van der Waals surface area contributed by atoms with Gasteiger partial charge in [0.2, 0.25) is 0 Å². The summed E-state index contributed by atoms with van der Waals surface area (Å²) in [5, 5.41) is 12.8. The largest absolute Gasteiger partial charge is 0.393 e. The van der Waals surface area contributed by atoms with Crippen LogP contribution in [0, 0.1) is 5.92 Å². The predicted octanol–water partition coefficient (Wildman–Crippen LogP) is 2.46. The highest BCUT2D eigenvalue weighted by molar-refractivity contribution is 6.41. The lowest BCUT2D eigenvalue weighted by Crippen LogP contribution is -2.28. The van der Waals surface area contributed by atoms with Gasteiger partial charge < -0.3 is 15.4 Å². The zero-order chi connectivity index (χ0) is 13.0. The molecule has 0 radical (unpaired) electrons. The number of hydrogen-bond donors (Lipinski definition) is 3. The molecule has 1 aromatic heterocycles. The Bertz CT molecular complexity index is 371. The number of aromatic amines is 1. The van der Waals surface area contributed by atoms with E-state index in [0.29, 0.717) is 23.7 Å². The van der Waals surface area contributed by atoms with Crippen molar-refractivity contribution in [3.8, 4) is 0 Å². The molecule has 1 atom stereocenters. The molecule has 0 bridgehead atoms. The molecule has 1 unspecified atom stereocenters. The fourth-order valence-corrected chi connectivity index (χ4v) is 1.60. The first kappa shape index (κ1) is 14.4. The average Bonchev–Trinajstić information content (AvgIpc) is 2.59. The van der Waals surface area contributed by atoms with Crippen molar-refractivity contribution in [3.63, 3.8) is 0 Å². The summed E-state index contributed by atoms with van der Waals surface area (Å²) < 4.78 is 0. The molecular weight excluding hydrogens is 263 g/mol. The molecule has 0 spiro atoms. The molecule has 0 saturated heterocycles. The van der Waals surface area contributed by atoms with E-state index in [2.05, 4.69) is 10.3 Å². The molecule has 0 aliphatic carbocycles. The smallest absolute Gasteiger partial charge is 0.267 e. The molecule has 1 rings (SSSR count). The molecule has 1 heterocycles. The normalized spacial score (nSPS) is 12.8. The van der Waals surface area contributed by atoms with Crippen molar-refractivity contribution < 1.29 is 9.90 Å². The van der Waals surface area contributed by atoms with Crippen LogP contribution in [-0.2, 0) is 0 Å². The molecule has 3 N–H and O–H groups in total. The van der Waals surface area contributed by atoms with Gasteiger partial charge in [-0.15, -0.1) is 0 Å². The van der Waals surface area contributed by atoms with Gasteiger partial charge in [0.25, 0.3) is 5.91 Å². The SMILES string of the molecule is CC(C)C(O)CCNC(=O)c1cc(Cl)c(Cl)[nH]1. The summed E-state index contributed by atoms with van der Waals surface area (Å²) in [7, 11) is 0. The quantitative estimate of drug-likeness (QED) is 0.775. The molecule has 96 valence electrons. The van der Waals surface area contributed by atoms with Crippen LogP contribution in [0.15, 0.2) is 6.07 Å². The molecule has 1 aromatic rings. The number of aliphatic hydroxyl groups is 1. The number of hydrogen-bond acceptors (Lipinski definition) is 2.